The second-order valence-electron chi connectivity index (χ2n) is 7.43. The van der Waals surface area contributed by atoms with Crippen LogP contribution in [0.15, 0.2) is 47.4 Å². The number of methoxy groups -OCH3 is 1. The lowest BCUT2D eigenvalue weighted by Crippen LogP contribution is -2.32. The van der Waals surface area contributed by atoms with Crippen molar-refractivity contribution in [3.8, 4) is 5.75 Å². The molecule has 0 bridgehead atoms. The summed E-state index contributed by atoms with van der Waals surface area (Å²) >= 11 is 0. The zero-order valence-corrected chi connectivity index (χ0v) is 18.0. The molecule has 1 saturated heterocycles. The van der Waals surface area contributed by atoms with Crippen LogP contribution in [0.3, 0.4) is 0 Å². The van der Waals surface area contributed by atoms with Gasteiger partial charge < -0.3 is 10.1 Å². The van der Waals surface area contributed by atoms with Gasteiger partial charge in [-0.3, -0.25) is 4.79 Å². The van der Waals surface area contributed by atoms with Gasteiger partial charge in [0.15, 0.2) is 0 Å². The molecule has 0 unspecified atom stereocenters. The highest BCUT2D eigenvalue weighted by Crippen LogP contribution is 2.29. The van der Waals surface area contributed by atoms with Crippen LogP contribution in [0.4, 0.5) is 4.39 Å². The minimum atomic E-state index is -3.78. The highest BCUT2D eigenvalue weighted by atomic mass is 32.2. The Labute approximate surface area is 177 Å². The summed E-state index contributed by atoms with van der Waals surface area (Å²) in [7, 11) is -2.37. The van der Waals surface area contributed by atoms with Crippen molar-refractivity contribution in [3.63, 3.8) is 0 Å². The lowest BCUT2D eigenvalue weighted by Gasteiger charge is -2.22. The number of amides is 1. The molecule has 8 heteroatoms. The van der Waals surface area contributed by atoms with Crippen molar-refractivity contribution in [2.75, 3.05) is 20.2 Å². The highest BCUT2D eigenvalue weighted by Gasteiger charge is 2.29. The predicted molar refractivity (Wildman–Crippen MR) is 113 cm³/mol. The van der Waals surface area contributed by atoms with E-state index < -0.39 is 15.9 Å². The van der Waals surface area contributed by atoms with Gasteiger partial charge in [0.2, 0.25) is 10.0 Å². The van der Waals surface area contributed by atoms with Crippen LogP contribution in [0.5, 0.6) is 5.75 Å². The first-order valence-corrected chi connectivity index (χ1v) is 11.5. The van der Waals surface area contributed by atoms with E-state index in [9.17, 15) is 17.6 Å². The Morgan fingerprint density at radius 3 is 2.30 bits per heavy atom. The van der Waals surface area contributed by atoms with Crippen molar-refractivity contribution in [2.24, 2.45) is 0 Å². The average molecular weight is 435 g/mol. The van der Waals surface area contributed by atoms with Gasteiger partial charge in [0.1, 0.15) is 16.5 Å². The number of carbonyl (C=O) groups is 1. The maximum Gasteiger partial charge on any atom is 0.251 e. The average Bonchev–Trinajstić information content (AvgIpc) is 3.04. The molecule has 1 aliphatic heterocycles. The second-order valence-corrected chi connectivity index (χ2v) is 9.34. The summed E-state index contributed by atoms with van der Waals surface area (Å²) in [6.45, 7) is 2.70. The molecule has 1 aliphatic rings. The van der Waals surface area contributed by atoms with E-state index in [1.54, 1.807) is 19.1 Å². The lowest BCUT2D eigenvalue weighted by molar-refractivity contribution is 0.0939. The molecule has 0 aromatic heterocycles. The Bertz CT molecular complexity index is 985. The molecular weight excluding hydrogens is 407 g/mol. The van der Waals surface area contributed by atoms with Gasteiger partial charge in [-0.1, -0.05) is 25.0 Å². The number of nitrogens with zero attached hydrogens (tertiary/aromatic N) is 1. The quantitative estimate of drug-likeness (QED) is 0.748. The Balaban J connectivity index is 1.86. The maximum atomic E-state index is 13.2. The van der Waals surface area contributed by atoms with Gasteiger partial charge in [-0.25, -0.2) is 12.8 Å². The molecule has 0 spiro atoms. The molecule has 1 N–H and O–H groups in total. The highest BCUT2D eigenvalue weighted by molar-refractivity contribution is 7.89. The van der Waals surface area contributed by atoms with E-state index in [4.69, 9.17) is 4.74 Å². The van der Waals surface area contributed by atoms with Crippen LogP contribution in [-0.2, 0) is 10.0 Å². The molecule has 2 aromatic carbocycles. The van der Waals surface area contributed by atoms with Gasteiger partial charge in [0.25, 0.3) is 5.91 Å². The summed E-state index contributed by atoms with van der Waals surface area (Å²) < 4.78 is 46.4. The molecular formula is C22H27FN2O4S. The Kier molecular flexibility index (Phi) is 7.10. The standard InChI is InChI=1S/C22H27FN2O4S/c1-16(17-7-10-19(23)11-8-17)24-22(26)18-9-12-20(29-2)21(15-18)30(27,28)25-13-5-3-4-6-14-25/h7-12,15-16H,3-6,13-14H2,1-2H3,(H,24,26)/t16-/m1/s1. The number of rotatable bonds is 6. The molecule has 1 atom stereocenters. The summed E-state index contributed by atoms with van der Waals surface area (Å²) in [6.07, 6.45) is 3.65. The first-order chi connectivity index (χ1) is 14.3. The first kappa shape index (κ1) is 22.2. The van der Waals surface area contributed by atoms with Crippen LogP contribution >= 0.6 is 0 Å². The smallest absolute Gasteiger partial charge is 0.251 e. The van der Waals surface area contributed by atoms with Crippen LogP contribution in [0, 0.1) is 5.82 Å². The fraction of sp³-hybridized carbons (Fsp3) is 0.409. The van der Waals surface area contributed by atoms with Crippen molar-refractivity contribution in [1.82, 2.24) is 9.62 Å². The SMILES string of the molecule is COc1ccc(C(=O)N[C@H](C)c2ccc(F)cc2)cc1S(=O)(=O)N1CCCCCC1. The lowest BCUT2D eigenvalue weighted by atomic mass is 10.1. The van der Waals surface area contributed by atoms with E-state index in [1.807, 2.05) is 0 Å². The zero-order valence-electron chi connectivity index (χ0n) is 17.2. The van der Waals surface area contributed by atoms with Gasteiger partial charge in [0, 0.05) is 18.7 Å². The Hall–Kier alpha value is -2.45. The van der Waals surface area contributed by atoms with E-state index in [-0.39, 0.29) is 28.1 Å². The molecule has 162 valence electrons. The van der Waals surface area contributed by atoms with Gasteiger partial charge in [0.05, 0.1) is 13.2 Å². The summed E-state index contributed by atoms with van der Waals surface area (Å²) in [6, 6.07) is 9.90. The predicted octanol–water partition coefficient (Wildman–Crippen LogP) is 3.89. The summed E-state index contributed by atoms with van der Waals surface area (Å²) in [5.41, 5.74) is 0.967. The van der Waals surface area contributed by atoms with Crippen LogP contribution in [0.2, 0.25) is 0 Å². The van der Waals surface area contributed by atoms with Crippen LogP contribution < -0.4 is 10.1 Å². The minimum absolute atomic E-state index is 0.00557. The largest absolute Gasteiger partial charge is 0.495 e. The monoisotopic (exact) mass is 434 g/mol. The third kappa shape index (κ3) is 4.99. The fourth-order valence-electron chi connectivity index (χ4n) is 3.56. The number of sulfonamides is 1. The van der Waals surface area contributed by atoms with Crippen molar-refractivity contribution in [2.45, 2.75) is 43.5 Å². The number of hydrogen-bond acceptors (Lipinski definition) is 4. The van der Waals surface area contributed by atoms with Crippen LogP contribution in [0.1, 0.15) is 54.6 Å². The summed E-state index contributed by atoms with van der Waals surface area (Å²) in [5, 5.41) is 2.83. The minimum Gasteiger partial charge on any atom is -0.495 e. The molecule has 3 rings (SSSR count). The topological polar surface area (TPSA) is 75.7 Å². The van der Waals surface area contributed by atoms with E-state index >= 15 is 0 Å². The van der Waals surface area contributed by atoms with Gasteiger partial charge in [-0.15, -0.1) is 0 Å². The number of hydrogen-bond donors (Lipinski definition) is 1. The molecule has 1 heterocycles. The number of benzene rings is 2. The van der Waals surface area contributed by atoms with Crippen molar-refractivity contribution >= 4 is 15.9 Å². The molecule has 6 nitrogen and oxygen atoms in total. The first-order valence-electron chi connectivity index (χ1n) is 10.1. The van der Waals surface area contributed by atoms with Gasteiger partial charge in [-0.05, 0) is 55.7 Å². The van der Waals surface area contributed by atoms with Crippen molar-refractivity contribution in [1.29, 1.82) is 0 Å². The van der Waals surface area contributed by atoms with Gasteiger partial charge in [-0.2, -0.15) is 4.31 Å². The molecule has 0 radical (unpaired) electrons. The van der Waals surface area contributed by atoms with Gasteiger partial charge >= 0.3 is 0 Å². The Morgan fingerprint density at radius 2 is 1.70 bits per heavy atom. The van der Waals surface area contributed by atoms with Crippen LogP contribution in [-0.4, -0.2) is 38.8 Å². The maximum absolute atomic E-state index is 13.2. The fourth-order valence-corrected chi connectivity index (χ4v) is 5.25. The molecule has 1 fully saturated rings. The number of ether oxygens (including phenoxy) is 1. The molecule has 2 aromatic rings. The van der Waals surface area contributed by atoms with E-state index in [1.165, 1.54) is 41.7 Å². The van der Waals surface area contributed by atoms with Crippen LogP contribution in [0.25, 0.3) is 0 Å². The van der Waals surface area contributed by atoms with E-state index in [0.29, 0.717) is 13.1 Å². The Morgan fingerprint density at radius 1 is 1.07 bits per heavy atom. The van der Waals surface area contributed by atoms with Crippen molar-refractivity contribution < 1.29 is 22.3 Å². The number of nitrogens with one attached hydrogen (secondary N) is 1. The molecule has 1 amide bonds. The van der Waals surface area contributed by atoms with E-state index in [0.717, 1.165) is 31.2 Å². The second kappa shape index (κ2) is 9.57. The number of carbonyl (C=O) groups excluding carboxylic acids is 1. The molecule has 0 aliphatic carbocycles. The van der Waals surface area contributed by atoms with E-state index in [2.05, 4.69) is 5.32 Å². The summed E-state index contributed by atoms with van der Waals surface area (Å²) in [4.78, 5) is 12.8. The third-order valence-electron chi connectivity index (χ3n) is 5.33. The molecule has 30 heavy (non-hydrogen) atoms. The third-order valence-corrected chi connectivity index (χ3v) is 7.25. The normalized spacial score (nSPS) is 16.5. The summed E-state index contributed by atoms with van der Waals surface area (Å²) in [5.74, 6) is -0.556. The number of halogens is 1. The van der Waals surface area contributed by atoms with Crippen molar-refractivity contribution in [3.05, 3.63) is 59.4 Å². The zero-order chi connectivity index (χ0) is 21.7. The molecule has 0 saturated carbocycles.